The van der Waals surface area contributed by atoms with Crippen LogP contribution in [0.2, 0.25) is 0 Å². The number of ether oxygens (including phenoxy) is 1. The standard InChI is InChI=1S/C10H8FN3O3.C6H3F2NO2.C4H6N2O/c1-6-4-10(13-12-6)17-9-3-2-7(11)5-8(9)14(15)16;7-4-1-2-5(8)6(3-4)9(10)11;1-3-2-4(7)6-5-3/h2-5H,1H3,(H,12,13);1-3H;2H,1H3,(H2,5,6,7). The highest BCUT2D eigenvalue weighted by molar-refractivity contribution is 5.47. The second-order valence-corrected chi connectivity index (χ2v) is 6.65. The Bertz CT molecular complexity index is 1380. The van der Waals surface area contributed by atoms with E-state index in [-0.39, 0.29) is 17.2 Å². The number of aryl methyl sites for hydroxylation is 2. The van der Waals surface area contributed by atoms with Gasteiger partial charge in [0, 0.05) is 23.5 Å². The zero-order valence-corrected chi connectivity index (χ0v) is 18.0. The van der Waals surface area contributed by atoms with E-state index in [2.05, 4.69) is 20.4 Å². The summed E-state index contributed by atoms with van der Waals surface area (Å²) in [6.45, 7) is 3.58. The third kappa shape index (κ3) is 8.16. The maximum atomic E-state index is 12.9. The normalized spacial score (nSPS) is 9.86. The largest absolute Gasteiger partial charge is 0.430 e. The quantitative estimate of drug-likeness (QED) is 0.278. The van der Waals surface area contributed by atoms with Gasteiger partial charge in [0.2, 0.25) is 17.4 Å². The number of nitrogens with one attached hydrogen (secondary N) is 3. The predicted molar refractivity (Wildman–Crippen MR) is 116 cm³/mol. The van der Waals surface area contributed by atoms with E-state index in [1.165, 1.54) is 12.1 Å². The summed E-state index contributed by atoms with van der Waals surface area (Å²) in [7, 11) is 0. The summed E-state index contributed by atoms with van der Waals surface area (Å²) in [5.41, 5.74) is 0.267. The molecule has 0 fully saturated rings. The van der Waals surface area contributed by atoms with E-state index in [9.17, 15) is 38.2 Å². The van der Waals surface area contributed by atoms with Crippen LogP contribution in [-0.4, -0.2) is 30.2 Å². The first-order valence-electron chi connectivity index (χ1n) is 9.43. The number of nitro groups is 2. The van der Waals surface area contributed by atoms with Gasteiger partial charge in [0.25, 0.3) is 5.56 Å². The van der Waals surface area contributed by atoms with Gasteiger partial charge in [0.05, 0.1) is 22.0 Å². The first-order chi connectivity index (χ1) is 16.5. The fourth-order valence-corrected chi connectivity index (χ4v) is 2.33. The van der Waals surface area contributed by atoms with Crippen molar-refractivity contribution in [3.05, 3.63) is 108 Å². The molecule has 184 valence electrons. The lowest BCUT2D eigenvalue weighted by Gasteiger charge is -2.02. The van der Waals surface area contributed by atoms with Crippen molar-refractivity contribution in [2.45, 2.75) is 13.8 Å². The zero-order valence-electron chi connectivity index (χ0n) is 18.0. The van der Waals surface area contributed by atoms with Gasteiger partial charge >= 0.3 is 11.4 Å². The number of hydrogen-bond donors (Lipinski definition) is 3. The van der Waals surface area contributed by atoms with Crippen LogP contribution >= 0.6 is 0 Å². The molecule has 0 amide bonds. The number of rotatable bonds is 4. The number of halogens is 3. The van der Waals surface area contributed by atoms with E-state index >= 15 is 0 Å². The molecule has 0 radical (unpaired) electrons. The highest BCUT2D eigenvalue weighted by Crippen LogP contribution is 2.31. The Morgan fingerprint density at radius 1 is 0.829 bits per heavy atom. The summed E-state index contributed by atoms with van der Waals surface area (Å²) in [6, 6.07) is 8.23. The molecule has 0 unspecified atom stereocenters. The van der Waals surface area contributed by atoms with Crippen molar-refractivity contribution in [1.29, 1.82) is 0 Å². The maximum absolute atomic E-state index is 12.9. The third-order valence-corrected chi connectivity index (χ3v) is 3.85. The van der Waals surface area contributed by atoms with Gasteiger partial charge in [-0.1, -0.05) is 0 Å². The fraction of sp³-hybridized carbons (Fsp3) is 0.100. The third-order valence-electron chi connectivity index (χ3n) is 3.85. The lowest BCUT2D eigenvalue weighted by atomic mass is 10.3. The van der Waals surface area contributed by atoms with Crippen LogP contribution in [0.15, 0.2) is 53.3 Å². The van der Waals surface area contributed by atoms with Gasteiger partial charge in [0.1, 0.15) is 11.6 Å². The SMILES string of the molecule is Cc1cc(=O)[nH][nH]1.Cc1cc(Oc2ccc(F)cc2[N+](=O)[O-])n[nH]1.O=[N+]([O-])c1cc(F)ccc1F. The molecule has 0 bridgehead atoms. The van der Waals surface area contributed by atoms with Crippen LogP contribution in [0.4, 0.5) is 24.5 Å². The molecule has 2 heterocycles. The molecule has 0 aliphatic carbocycles. The molecule has 35 heavy (non-hydrogen) atoms. The van der Waals surface area contributed by atoms with Gasteiger partial charge < -0.3 is 9.84 Å². The molecule has 15 heteroatoms. The fourth-order valence-electron chi connectivity index (χ4n) is 2.33. The summed E-state index contributed by atoms with van der Waals surface area (Å²) in [5, 5.41) is 32.1. The average Bonchev–Trinajstić information content (AvgIpc) is 3.38. The summed E-state index contributed by atoms with van der Waals surface area (Å²) < 4.78 is 42.7. The second kappa shape index (κ2) is 11.8. The molecular weight excluding hydrogens is 477 g/mol. The van der Waals surface area contributed by atoms with Crippen LogP contribution in [0.3, 0.4) is 0 Å². The Balaban J connectivity index is 0.000000205. The van der Waals surface area contributed by atoms with Crippen molar-refractivity contribution in [3.8, 4) is 11.6 Å². The molecule has 0 aliphatic heterocycles. The molecule has 0 spiro atoms. The molecule has 4 aromatic rings. The number of nitro benzene ring substituents is 2. The monoisotopic (exact) mass is 494 g/mol. The molecule has 12 nitrogen and oxygen atoms in total. The minimum Gasteiger partial charge on any atom is -0.430 e. The van der Waals surface area contributed by atoms with Gasteiger partial charge in [-0.15, -0.1) is 5.10 Å². The number of aromatic nitrogens is 4. The van der Waals surface area contributed by atoms with Crippen LogP contribution < -0.4 is 10.3 Å². The highest BCUT2D eigenvalue weighted by Gasteiger charge is 2.17. The van der Waals surface area contributed by atoms with Crippen LogP contribution in [0.5, 0.6) is 11.6 Å². The van der Waals surface area contributed by atoms with E-state index in [0.29, 0.717) is 12.1 Å². The van der Waals surface area contributed by atoms with E-state index in [4.69, 9.17) is 4.74 Å². The zero-order chi connectivity index (χ0) is 26.1. The Morgan fingerprint density at radius 3 is 1.86 bits per heavy atom. The molecule has 0 atom stereocenters. The lowest BCUT2D eigenvalue weighted by molar-refractivity contribution is -0.387. The number of nitrogens with zero attached hydrogens (tertiary/aromatic N) is 3. The summed E-state index contributed by atoms with van der Waals surface area (Å²) in [4.78, 5) is 29.2. The van der Waals surface area contributed by atoms with Gasteiger partial charge in [-0.2, -0.15) is 4.39 Å². The van der Waals surface area contributed by atoms with E-state index in [0.717, 1.165) is 29.6 Å². The second-order valence-electron chi connectivity index (χ2n) is 6.65. The number of aromatic amines is 3. The highest BCUT2D eigenvalue weighted by atomic mass is 19.1. The maximum Gasteiger partial charge on any atom is 0.314 e. The minimum absolute atomic E-state index is 0.0529. The average molecular weight is 494 g/mol. The van der Waals surface area contributed by atoms with Gasteiger partial charge in [-0.05, 0) is 38.1 Å². The first kappa shape index (κ1) is 26.3. The minimum atomic E-state index is -1.03. The van der Waals surface area contributed by atoms with E-state index in [1.54, 1.807) is 13.0 Å². The van der Waals surface area contributed by atoms with E-state index < -0.39 is 38.7 Å². The summed E-state index contributed by atoms with van der Waals surface area (Å²) in [5.74, 6) is -2.41. The van der Waals surface area contributed by atoms with Crippen molar-refractivity contribution in [3.63, 3.8) is 0 Å². The molecule has 2 aromatic carbocycles. The van der Waals surface area contributed by atoms with Crippen LogP contribution in [0.25, 0.3) is 0 Å². The Morgan fingerprint density at radius 2 is 1.43 bits per heavy atom. The molecule has 3 N–H and O–H groups in total. The van der Waals surface area contributed by atoms with Crippen molar-refractivity contribution >= 4 is 11.4 Å². The van der Waals surface area contributed by atoms with Gasteiger partial charge in [-0.25, -0.2) is 8.78 Å². The molecule has 4 rings (SSSR count). The molecule has 0 saturated carbocycles. The number of benzene rings is 2. The Hall–Kier alpha value is -4.95. The lowest BCUT2D eigenvalue weighted by Crippen LogP contribution is -1.94. The van der Waals surface area contributed by atoms with E-state index in [1.807, 2.05) is 6.92 Å². The van der Waals surface area contributed by atoms with Crippen molar-refractivity contribution in [2.24, 2.45) is 0 Å². The Labute approximate surface area is 193 Å². The van der Waals surface area contributed by atoms with Gasteiger partial charge in [0.15, 0.2) is 0 Å². The first-order valence-corrected chi connectivity index (χ1v) is 9.43. The van der Waals surface area contributed by atoms with Crippen molar-refractivity contribution < 1.29 is 27.8 Å². The van der Waals surface area contributed by atoms with Gasteiger partial charge in [-0.3, -0.25) is 35.2 Å². The Kier molecular flexibility index (Phi) is 8.85. The van der Waals surface area contributed by atoms with Crippen LogP contribution in [0, 0.1) is 51.5 Å². The predicted octanol–water partition coefficient (Wildman–Crippen LogP) is 4.44. The number of hydrogen-bond acceptors (Lipinski definition) is 7. The molecular formula is C20H17F3N6O6. The molecule has 2 aromatic heterocycles. The summed E-state index contributed by atoms with van der Waals surface area (Å²) >= 11 is 0. The summed E-state index contributed by atoms with van der Waals surface area (Å²) in [6.07, 6.45) is 0. The van der Waals surface area contributed by atoms with Crippen molar-refractivity contribution in [2.75, 3.05) is 0 Å². The van der Waals surface area contributed by atoms with Crippen LogP contribution in [-0.2, 0) is 0 Å². The smallest absolute Gasteiger partial charge is 0.314 e. The molecule has 0 saturated heterocycles. The number of H-pyrrole nitrogens is 3. The van der Waals surface area contributed by atoms with Crippen LogP contribution in [0.1, 0.15) is 11.4 Å². The molecule has 0 aliphatic rings. The topological polar surface area (TPSA) is 173 Å². The van der Waals surface area contributed by atoms with Crippen molar-refractivity contribution in [1.82, 2.24) is 20.4 Å².